The van der Waals surface area contributed by atoms with Gasteiger partial charge < -0.3 is 49.1 Å². The van der Waals surface area contributed by atoms with E-state index in [1.54, 1.807) is 6.26 Å². The first-order chi connectivity index (χ1) is 17.8. The van der Waals surface area contributed by atoms with E-state index >= 15 is 0 Å². The van der Waals surface area contributed by atoms with Gasteiger partial charge in [-0.2, -0.15) is 11.8 Å². The summed E-state index contributed by atoms with van der Waals surface area (Å²) in [5.74, 6) is -5.43. The molecule has 0 heterocycles. The lowest BCUT2D eigenvalue weighted by atomic mass is 10.1. The normalized spacial score (nSPS) is 13.7. The maximum atomic E-state index is 13.1. The van der Waals surface area contributed by atoms with Crippen LogP contribution >= 0.6 is 11.8 Å². The number of aliphatic carboxylic acids is 2. The van der Waals surface area contributed by atoms with Gasteiger partial charge in [-0.3, -0.25) is 29.0 Å². The molecule has 0 rings (SSSR count). The molecule has 0 aliphatic carbocycles. The number of hydrogen-bond donors (Lipinski definition) is 9. The van der Waals surface area contributed by atoms with E-state index in [2.05, 4.69) is 20.9 Å². The van der Waals surface area contributed by atoms with Gasteiger partial charge in [-0.05, 0) is 44.1 Å². The zero-order valence-corrected chi connectivity index (χ0v) is 22.0. The number of primary amides is 1. The molecule has 38 heavy (non-hydrogen) atoms. The molecular formula is C21H38N8O8S. The first-order valence-electron chi connectivity index (χ1n) is 11.7. The van der Waals surface area contributed by atoms with Crippen molar-refractivity contribution in [1.29, 1.82) is 0 Å². The van der Waals surface area contributed by atoms with Crippen LogP contribution in [0.1, 0.15) is 44.9 Å². The van der Waals surface area contributed by atoms with Crippen LogP contribution in [0.3, 0.4) is 0 Å². The van der Waals surface area contributed by atoms with Crippen molar-refractivity contribution in [3.63, 3.8) is 0 Å². The van der Waals surface area contributed by atoms with Crippen molar-refractivity contribution in [1.82, 2.24) is 16.0 Å². The van der Waals surface area contributed by atoms with Crippen molar-refractivity contribution in [2.24, 2.45) is 27.9 Å². The Bertz CT molecular complexity index is 868. The summed E-state index contributed by atoms with van der Waals surface area (Å²) in [6, 6.07) is -5.05. The van der Waals surface area contributed by atoms with Crippen molar-refractivity contribution in [2.75, 3.05) is 18.6 Å². The van der Waals surface area contributed by atoms with E-state index in [1.165, 1.54) is 11.8 Å². The molecule has 4 unspecified atom stereocenters. The average Bonchev–Trinajstić information content (AvgIpc) is 2.83. The third kappa shape index (κ3) is 15.5. The van der Waals surface area contributed by atoms with Crippen LogP contribution in [0.15, 0.2) is 4.99 Å². The molecule has 4 atom stereocenters. The number of amides is 4. The Morgan fingerprint density at radius 1 is 0.789 bits per heavy atom. The molecule has 0 saturated carbocycles. The van der Waals surface area contributed by atoms with Gasteiger partial charge in [0.25, 0.3) is 0 Å². The van der Waals surface area contributed by atoms with Crippen LogP contribution in [0.4, 0.5) is 0 Å². The molecule has 0 fully saturated rings. The highest BCUT2D eigenvalue weighted by Gasteiger charge is 2.30. The Balaban J connectivity index is 5.66. The predicted octanol–water partition coefficient (Wildman–Crippen LogP) is -3.21. The molecule has 0 spiro atoms. The molecule has 0 aromatic carbocycles. The van der Waals surface area contributed by atoms with Crippen LogP contribution in [-0.4, -0.2) is 94.5 Å². The minimum atomic E-state index is -1.41. The molecule has 0 aromatic heterocycles. The standard InChI is InChI=1S/C21H38N8O8S/c1-38-10-8-14(20(36)37)29-19(35)13(5-7-16(31)32)28-18(34)12(3-2-9-26-21(24)25)27-17(33)11(22)4-6-15(23)30/h11-14H,2-10,22H2,1H3,(H2,23,30)(H,27,33)(H,28,34)(H,29,35)(H,31,32)(H,36,37)(H4,24,25,26). The zero-order chi connectivity index (χ0) is 29.3. The first-order valence-corrected chi connectivity index (χ1v) is 13.1. The lowest BCUT2D eigenvalue weighted by Crippen LogP contribution is -2.57. The Labute approximate surface area is 224 Å². The van der Waals surface area contributed by atoms with Crippen molar-refractivity contribution in [3.8, 4) is 0 Å². The molecule has 0 saturated heterocycles. The second-order valence-corrected chi connectivity index (χ2v) is 9.28. The third-order valence-corrected chi connectivity index (χ3v) is 5.77. The number of thioether (sulfide) groups is 1. The number of carboxylic acids is 2. The van der Waals surface area contributed by atoms with E-state index in [0.717, 1.165) is 0 Å². The van der Waals surface area contributed by atoms with E-state index in [4.69, 9.17) is 28.0 Å². The number of nitrogens with one attached hydrogen (secondary N) is 3. The molecule has 0 aromatic rings. The van der Waals surface area contributed by atoms with Crippen LogP contribution in [0.25, 0.3) is 0 Å². The highest BCUT2D eigenvalue weighted by molar-refractivity contribution is 7.98. The van der Waals surface area contributed by atoms with E-state index < -0.39 is 66.2 Å². The maximum absolute atomic E-state index is 13.1. The number of aliphatic imine (C=N–C) groups is 1. The topological polar surface area (TPSA) is 295 Å². The van der Waals surface area contributed by atoms with Crippen molar-refractivity contribution < 1.29 is 39.0 Å². The first kappa shape index (κ1) is 34.4. The van der Waals surface area contributed by atoms with Gasteiger partial charge in [-0.15, -0.1) is 0 Å². The molecule has 0 aliphatic rings. The van der Waals surface area contributed by atoms with Gasteiger partial charge in [-0.25, -0.2) is 4.79 Å². The highest BCUT2D eigenvalue weighted by atomic mass is 32.2. The second-order valence-electron chi connectivity index (χ2n) is 8.30. The van der Waals surface area contributed by atoms with Gasteiger partial charge in [0, 0.05) is 19.4 Å². The monoisotopic (exact) mass is 562 g/mol. The SMILES string of the molecule is CSCCC(NC(=O)C(CCC(=O)O)NC(=O)C(CCCN=C(N)N)NC(=O)C(N)CCC(N)=O)C(=O)O. The molecule has 0 bridgehead atoms. The van der Waals surface area contributed by atoms with Gasteiger partial charge >= 0.3 is 11.9 Å². The fraction of sp³-hybridized carbons (Fsp3) is 0.667. The molecule has 216 valence electrons. The van der Waals surface area contributed by atoms with Crippen LogP contribution < -0.4 is 38.9 Å². The Morgan fingerprint density at radius 3 is 1.84 bits per heavy atom. The molecule has 13 N–H and O–H groups in total. The summed E-state index contributed by atoms with van der Waals surface area (Å²) < 4.78 is 0. The second kappa shape index (κ2) is 18.6. The number of nitrogens with two attached hydrogens (primary N) is 4. The number of carbonyl (C=O) groups excluding carboxylic acids is 4. The summed E-state index contributed by atoms with van der Waals surface area (Å²) in [7, 11) is 0. The quantitative estimate of drug-likeness (QED) is 0.0402. The lowest BCUT2D eigenvalue weighted by molar-refractivity contribution is -0.143. The molecule has 16 nitrogen and oxygen atoms in total. The Hall–Kier alpha value is -3.60. The van der Waals surface area contributed by atoms with E-state index in [0.29, 0.717) is 5.75 Å². The fourth-order valence-corrected chi connectivity index (χ4v) is 3.53. The number of rotatable bonds is 20. The van der Waals surface area contributed by atoms with Crippen molar-refractivity contribution >= 4 is 53.3 Å². The summed E-state index contributed by atoms with van der Waals surface area (Å²) in [6.07, 6.45) is 1.04. The predicted molar refractivity (Wildman–Crippen MR) is 140 cm³/mol. The largest absolute Gasteiger partial charge is 0.481 e. The van der Waals surface area contributed by atoms with Gasteiger partial charge in [-0.1, -0.05) is 0 Å². The van der Waals surface area contributed by atoms with Gasteiger partial charge in [0.2, 0.25) is 23.6 Å². The number of hydrogen-bond acceptors (Lipinski definition) is 9. The summed E-state index contributed by atoms with van der Waals surface area (Å²) in [5, 5.41) is 25.6. The maximum Gasteiger partial charge on any atom is 0.326 e. The number of carbonyl (C=O) groups is 6. The molecule has 17 heteroatoms. The Kier molecular flexibility index (Phi) is 16.9. The van der Waals surface area contributed by atoms with Gasteiger partial charge in [0.15, 0.2) is 5.96 Å². The molecule has 0 radical (unpaired) electrons. The molecule has 0 aliphatic heterocycles. The zero-order valence-electron chi connectivity index (χ0n) is 21.2. The molecule has 4 amide bonds. The van der Waals surface area contributed by atoms with Crippen LogP contribution in [0.5, 0.6) is 0 Å². The fourth-order valence-electron chi connectivity index (χ4n) is 3.05. The Morgan fingerprint density at radius 2 is 1.34 bits per heavy atom. The minimum absolute atomic E-state index is 0.00956. The van der Waals surface area contributed by atoms with E-state index in [1.807, 2.05) is 0 Å². The summed E-state index contributed by atoms with van der Waals surface area (Å²) in [4.78, 5) is 75.8. The van der Waals surface area contributed by atoms with Crippen LogP contribution in [0, 0.1) is 0 Å². The lowest BCUT2D eigenvalue weighted by Gasteiger charge is -2.25. The van der Waals surface area contributed by atoms with Crippen LogP contribution in [-0.2, 0) is 28.8 Å². The van der Waals surface area contributed by atoms with E-state index in [9.17, 15) is 33.9 Å². The summed E-state index contributed by atoms with van der Waals surface area (Å²) >= 11 is 1.37. The smallest absolute Gasteiger partial charge is 0.326 e. The number of nitrogens with zero attached hydrogens (tertiary/aromatic N) is 1. The summed E-state index contributed by atoms with van der Waals surface area (Å²) in [6.45, 7) is 0.119. The van der Waals surface area contributed by atoms with Crippen LogP contribution in [0.2, 0.25) is 0 Å². The van der Waals surface area contributed by atoms with Gasteiger partial charge in [0.1, 0.15) is 18.1 Å². The highest BCUT2D eigenvalue weighted by Crippen LogP contribution is 2.07. The summed E-state index contributed by atoms with van der Waals surface area (Å²) in [5.41, 5.74) is 21.4. The number of carboxylic acid groups (broad SMARTS) is 2. The third-order valence-electron chi connectivity index (χ3n) is 5.12. The van der Waals surface area contributed by atoms with E-state index in [-0.39, 0.29) is 51.0 Å². The van der Waals surface area contributed by atoms with Crippen molar-refractivity contribution in [3.05, 3.63) is 0 Å². The molecular weight excluding hydrogens is 524 g/mol. The number of guanidine groups is 1. The minimum Gasteiger partial charge on any atom is -0.481 e. The average molecular weight is 563 g/mol. The van der Waals surface area contributed by atoms with Crippen molar-refractivity contribution in [2.45, 2.75) is 69.1 Å². The van der Waals surface area contributed by atoms with Gasteiger partial charge in [0.05, 0.1) is 6.04 Å².